The first kappa shape index (κ1) is 19.7. The van der Waals surface area contributed by atoms with Crippen LogP contribution in [0.2, 0.25) is 0 Å². The molecule has 1 aliphatic rings. The van der Waals surface area contributed by atoms with Gasteiger partial charge in [-0.05, 0) is 43.0 Å². The lowest BCUT2D eigenvalue weighted by molar-refractivity contribution is -0.136. The van der Waals surface area contributed by atoms with Gasteiger partial charge in [-0.25, -0.2) is 0 Å². The third-order valence-corrected chi connectivity index (χ3v) is 4.60. The van der Waals surface area contributed by atoms with E-state index in [1.54, 1.807) is 13.3 Å². The summed E-state index contributed by atoms with van der Waals surface area (Å²) >= 11 is 0. The predicted molar refractivity (Wildman–Crippen MR) is 108 cm³/mol. The molecule has 1 heterocycles. The molecule has 0 bridgehead atoms. The number of nitrogens with zero attached hydrogens (tertiary/aromatic N) is 2. The van der Waals surface area contributed by atoms with Gasteiger partial charge in [-0.15, -0.1) is 0 Å². The number of rotatable bonds is 8. The van der Waals surface area contributed by atoms with Crippen molar-refractivity contribution in [3.63, 3.8) is 0 Å². The number of ether oxygens (including phenoxy) is 2. The summed E-state index contributed by atoms with van der Waals surface area (Å²) in [4.78, 5) is 19.1. The van der Waals surface area contributed by atoms with E-state index in [1.807, 2.05) is 53.4 Å². The number of hydrogen-bond donors (Lipinski definition) is 0. The number of oxime groups is 1. The molecule has 0 aliphatic carbocycles. The number of amides is 1. The van der Waals surface area contributed by atoms with Crippen molar-refractivity contribution < 1.29 is 19.1 Å². The topological polar surface area (TPSA) is 60.4 Å². The van der Waals surface area contributed by atoms with Gasteiger partial charge in [0, 0.05) is 18.7 Å². The molecule has 1 aliphatic heterocycles. The highest BCUT2D eigenvalue weighted by molar-refractivity contribution is 5.81. The summed E-state index contributed by atoms with van der Waals surface area (Å²) in [6.45, 7) is 2.03. The molecule has 28 heavy (non-hydrogen) atoms. The van der Waals surface area contributed by atoms with Gasteiger partial charge < -0.3 is 19.2 Å². The monoisotopic (exact) mass is 382 g/mol. The van der Waals surface area contributed by atoms with E-state index < -0.39 is 0 Å². The van der Waals surface area contributed by atoms with Crippen LogP contribution in [0.15, 0.2) is 53.7 Å². The van der Waals surface area contributed by atoms with E-state index in [4.69, 9.17) is 14.3 Å². The summed E-state index contributed by atoms with van der Waals surface area (Å²) in [5, 5.41) is 3.92. The van der Waals surface area contributed by atoms with Crippen LogP contribution in [-0.2, 0) is 16.2 Å². The minimum absolute atomic E-state index is 0.0153. The van der Waals surface area contributed by atoms with Crippen molar-refractivity contribution in [1.82, 2.24) is 4.90 Å². The van der Waals surface area contributed by atoms with Crippen LogP contribution in [0, 0.1) is 0 Å². The van der Waals surface area contributed by atoms with Gasteiger partial charge in [0.05, 0.1) is 13.3 Å². The highest BCUT2D eigenvalue weighted by Crippen LogP contribution is 2.28. The second-order valence-electron chi connectivity index (χ2n) is 6.63. The Morgan fingerprint density at radius 2 is 1.86 bits per heavy atom. The van der Waals surface area contributed by atoms with Gasteiger partial charge in [0.25, 0.3) is 5.91 Å². The predicted octanol–water partition coefficient (Wildman–Crippen LogP) is 3.64. The number of carbonyl (C=O) groups is 1. The quantitative estimate of drug-likeness (QED) is 0.517. The highest BCUT2D eigenvalue weighted by Gasteiger charge is 2.16. The molecule has 6 nitrogen and oxygen atoms in total. The summed E-state index contributed by atoms with van der Waals surface area (Å²) in [6.07, 6.45) is 4.88. The van der Waals surface area contributed by atoms with Crippen LogP contribution in [0.5, 0.6) is 11.5 Å². The molecule has 1 saturated heterocycles. The average Bonchev–Trinajstić information content (AvgIpc) is 2.76. The van der Waals surface area contributed by atoms with Gasteiger partial charge in [0.15, 0.2) is 18.1 Å². The molecule has 1 amide bonds. The lowest BCUT2D eigenvalue weighted by Crippen LogP contribution is -2.37. The van der Waals surface area contributed by atoms with Crippen molar-refractivity contribution in [2.45, 2.75) is 25.9 Å². The molecule has 0 atom stereocenters. The molecule has 0 saturated carbocycles. The molecular weight excluding hydrogens is 356 g/mol. The number of methoxy groups -OCH3 is 1. The fraction of sp³-hybridized carbons (Fsp3) is 0.364. The number of hydrogen-bond acceptors (Lipinski definition) is 5. The maximum absolute atomic E-state index is 12.1. The van der Waals surface area contributed by atoms with Crippen LogP contribution in [0.25, 0.3) is 0 Å². The smallest absolute Gasteiger partial charge is 0.263 e. The van der Waals surface area contributed by atoms with Gasteiger partial charge in [-0.2, -0.15) is 0 Å². The van der Waals surface area contributed by atoms with Crippen LogP contribution >= 0.6 is 0 Å². The minimum Gasteiger partial charge on any atom is -0.493 e. The normalized spacial score (nSPS) is 14.1. The molecular formula is C22H26N2O4. The van der Waals surface area contributed by atoms with E-state index in [1.165, 1.54) is 6.42 Å². The van der Waals surface area contributed by atoms with Crippen molar-refractivity contribution in [3.05, 3.63) is 59.7 Å². The van der Waals surface area contributed by atoms with Crippen molar-refractivity contribution in [3.8, 4) is 11.5 Å². The maximum atomic E-state index is 12.1. The number of likely N-dealkylation sites (tertiary alicyclic amines) is 1. The van der Waals surface area contributed by atoms with Crippen LogP contribution in [0.3, 0.4) is 0 Å². The fourth-order valence-electron chi connectivity index (χ4n) is 3.05. The first-order valence-electron chi connectivity index (χ1n) is 9.54. The second-order valence-corrected chi connectivity index (χ2v) is 6.63. The molecule has 0 unspecified atom stereocenters. The Labute approximate surface area is 165 Å². The Morgan fingerprint density at radius 3 is 2.61 bits per heavy atom. The standard InChI is InChI=1S/C22H26N2O4/c1-26-20-11-10-19(14-21(20)27-16-18-8-4-2-5-9-18)15-23-28-17-22(25)24-12-6-3-7-13-24/h2,4-5,8-11,14-15H,3,6-7,12-13,16-17H2,1H3/b23-15+. The molecule has 1 fully saturated rings. The Balaban J connectivity index is 1.54. The minimum atomic E-state index is -0.0377. The summed E-state index contributed by atoms with van der Waals surface area (Å²) < 4.78 is 11.3. The Kier molecular flexibility index (Phi) is 7.29. The summed E-state index contributed by atoms with van der Waals surface area (Å²) in [5.74, 6) is 1.26. The molecule has 0 spiro atoms. The van der Waals surface area contributed by atoms with Crippen LogP contribution in [-0.4, -0.2) is 43.8 Å². The number of carbonyl (C=O) groups excluding carboxylic acids is 1. The van der Waals surface area contributed by atoms with E-state index in [0.29, 0.717) is 18.1 Å². The molecule has 2 aromatic rings. The van der Waals surface area contributed by atoms with Crippen molar-refractivity contribution in [1.29, 1.82) is 0 Å². The van der Waals surface area contributed by atoms with E-state index in [-0.39, 0.29) is 12.5 Å². The molecule has 0 N–H and O–H groups in total. The average molecular weight is 382 g/mol. The lowest BCUT2D eigenvalue weighted by Gasteiger charge is -2.25. The zero-order chi connectivity index (χ0) is 19.6. The number of piperidine rings is 1. The van der Waals surface area contributed by atoms with E-state index in [9.17, 15) is 4.79 Å². The fourth-order valence-corrected chi connectivity index (χ4v) is 3.05. The first-order valence-corrected chi connectivity index (χ1v) is 9.54. The van der Waals surface area contributed by atoms with E-state index >= 15 is 0 Å². The highest BCUT2D eigenvalue weighted by atomic mass is 16.6. The Morgan fingerprint density at radius 1 is 1.07 bits per heavy atom. The summed E-state index contributed by atoms with van der Waals surface area (Å²) in [5.41, 5.74) is 1.87. The van der Waals surface area contributed by atoms with Crippen molar-refractivity contribution in [2.75, 3.05) is 26.8 Å². The molecule has 3 rings (SSSR count). The van der Waals surface area contributed by atoms with Crippen molar-refractivity contribution >= 4 is 12.1 Å². The molecule has 2 aromatic carbocycles. The Hall–Kier alpha value is -3.02. The summed E-state index contributed by atoms with van der Waals surface area (Å²) in [7, 11) is 1.60. The molecule has 6 heteroatoms. The maximum Gasteiger partial charge on any atom is 0.263 e. The van der Waals surface area contributed by atoms with Gasteiger partial charge in [0.2, 0.25) is 0 Å². The largest absolute Gasteiger partial charge is 0.493 e. The van der Waals surface area contributed by atoms with E-state index in [0.717, 1.165) is 37.1 Å². The molecule has 0 aromatic heterocycles. The number of benzene rings is 2. The lowest BCUT2D eigenvalue weighted by atomic mass is 10.1. The molecule has 0 radical (unpaired) electrons. The van der Waals surface area contributed by atoms with Gasteiger partial charge >= 0.3 is 0 Å². The van der Waals surface area contributed by atoms with Gasteiger partial charge in [-0.3, -0.25) is 4.79 Å². The second kappa shape index (κ2) is 10.3. The zero-order valence-corrected chi connectivity index (χ0v) is 16.2. The van der Waals surface area contributed by atoms with Crippen LogP contribution in [0.4, 0.5) is 0 Å². The summed E-state index contributed by atoms with van der Waals surface area (Å²) in [6, 6.07) is 15.4. The third-order valence-electron chi connectivity index (χ3n) is 4.60. The molecule has 148 valence electrons. The van der Waals surface area contributed by atoms with Crippen LogP contribution < -0.4 is 9.47 Å². The SMILES string of the molecule is COc1ccc(/C=N/OCC(=O)N2CCCCC2)cc1OCc1ccccc1. The van der Waals surface area contributed by atoms with Gasteiger partial charge in [-0.1, -0.05) is 35.5 Å². The van der Waals surface area contributed by atoms with Crippen molar-refractivity contribution in [2.24, 2.45) is 5.16 Å². The Bertz CT molecular complexity index is 786. The van der Waals surface area contributed by atoms with Gasteiger partial charge in [0.1, 0.15) is 6.61 Å². The van der Waals surface area contributed by atoms with E-state index in [2.05, 4.69) is 5.16 Å². The zero-order valence-electron chi connectivity index (χ0n) is 16.2. The first-order chi connectivity index (χ1) is 13.8. The third kappa shape index (κ3) is 5.74. The van der Waals surface area contributed by atoms with Crippen LogP contribution in [0.1, 0.15) is 30.4 Å².